The fraction of sp³-hybridized carbons (Fsp3) is 0.304. The van der Waals surface area contributed by atoms with E-state index in [1.165, 1.54) is 0 Å². The van der Waals surface area contributed by atoms with E-state index in [4.69, 9.17) is 14.2 Å². The summed E-state index contributed by atoms with van der Waals surface area (Å²) >= 11 is 3.54. The first-order valence-electron chi connectivity index (χ1n) is 9.48. The normalized spacial score (nSPS) is 16.2. The van der Waals surface area contributed by atoms with Crippen LogP contribution in [0.5, 0.6) is 11.5 Å². The number of hydrogen-bond acceptors (Lipinski definition) is 5. The molecule has 1 amide bonds. The van der Waals surface area contributed by atoms with Gasteiger partial charge in [0.1, 0.15) is 6.61 Å². The van der Waals surface area contributed by atoms with Gasteiger partial charge in [0.05, 0.1) is 19.8 Å². The van der Waals surface area contributed by atoms with Crippen molar-refractivity contribution in [2.75, 3.05) is 14.2 Å². The Morgan fingerprint density at radius 2 is 1.73 bits per heavy atom. The molecule has 6 nitrogen and oxygen atoms in total. The summed E-state index contributed by atoms with van der Waals surface area (Å²) in [4.78, 5) is 25.3. The molecule has 2 aromatic rings. The SMILES string of the molecule is COc1cc(Br)c([C@@H]2CC(=O)NC(C)=C2C(=O)OCc2ccc(C)cc2)cc1OC. The number of esters is 1. The number of aryl methyl sites for hydroxylation is 1. The lowest BCUT2D eigenvalue weighted by Gasteiger charge is -2.28. The maximum absolute atomic E-state index is 13.0. The zero-order valence-electron chi connectivity index (χ0n) is 17.4. The second-order valence-electron chi connectivity index (χ2n) is 7.13. The predicted molar refractivity (Wildman–Crippen MR) is 116 cm³/mol. The van der Waals surface area contributed by atoms with Gasteiger partial charge in [-0.25, -0.2) is 4.79 Å². The van der Waals surface area contributed by atoms with E-state index in [1.807, 2.05) is 31.2 Å². The van der Waals surface area contributed by atoms with Crippen molar-refractivity contribution in [2.45, 2.75) is 32.8 Å². The van der Waals surface area contributed by atoms with Crippen molar-refractivity contribution in [3.05, 3.63) is 68.8 Å². The maximum atomic E-state index is 13.0. The first-order valence-corrected chi connectivity index (χ1v) is 10.3. The van der Waals surface area contributed by atoms with Crippen LogP contribution >= 0.6 is 15.9 Å². The molecule has 3 rings (SSSR count). The van der Waals surface area contributed by atoms with E-state index in [0.29, 0.717) is 22.8 Å². The Hall–Kier alpha value is -2.80. The van der Waals surface area contributed by atoms with Crippen LogP contribution in [0.15, 0.2) is 52.1 Å². The lowest BCUT2D eigenvalue weighted by molar-refractivity contribution is -0.141. The molecule has 0 radical (unpaired) electrons. The third-order valence-corrected chi connectivity index (χ3v) is 5.74. The molecule has 0 aromatic heterocycles. The summed E-state index contributed by atoms with van der Waals surface area (Å²) in [5.74, 6) is -0.0169. The Kier molecular flexibility index (Phi) is 6.82. The third-order valence-electron chi connectivity index (χ3n) is 5.06. The molecule has 0 fully saturated rings. The summed E-state index contributed by atoms with van der Waals surface area (Å²) in [5.41, 5.74) is 3.71. The monoisotopic (exact) mass is 473 g/mol. The van der Waals surface area contributed by atoms with Gasteiger partial charge in [-0.3, -0.25) is 4.79 Å². The second kappa shape index (κ2) is 9.34. The highest BCUT2D eigenvalue weighted by molar-refractivity contribution is 9.10. The molecule has 0 aliphatic carbocycles. The number of halogens is 1. The number of methoxy groups -OCH3 is 2. The van der Waals surface area contributed by atoms with Gasteiger partial charge < -0.3 is 19.5 Å². The lowest BCUT2D eigenvalue weighted by atomic mass is 9.84. The van der Waals surface area contributed by atoms with Crippen LogP contribution in [0.3, 0.4) is 0 Å². The zero-order valence-corrected chi connectivity index (χ0v) is 19.0. The van der Waals surface area contributed by atoms with E-state index in [1.54, 1.807) is 33.3 Å². The number of carbonyl (C=O) groups is 2. The van der Waals surface area contributed by atoms with Gasteiger partial charge in [-0.2, -0.15) is 0 Å². The number of allylic oxidation sites excluding steroid dienone is 1. The van der Waals surface area contributed by atoms with Crippen LogP contribution in [-0.4, -0.2) is 26.1 Å². The average Bonchev–Trinajstić information content (AvgIpc) is 2.72. The first-order chi connectivity index (χ1) is 14.3. The van der Waals surface area contributed by atoms with Crippen LogP contribution in [0, 0.1) is 6.92 Å². The van der Waals surface area contributed by atoms with E-state index >= 15 is 0 Å². The summed E-state index contributed by atoms with van der Waals surface area (Å²) in [6, 6.07) is 11.3. The minimum absolute atomic E-state index is 0.125. The summed E-state index contributed by atoms with van der Waals surface area (Å²) in [6.45, 7) is 3.87. The van der Waals surface area contributed by atoms with E-state index in [-0.39, 0.29) is 18.9 Å². The molecule has 0 bridgehead atoms. The molecule has 0 unspecified atom stereocenters. The fourth-order valence-electron chi connectivity index (χ4n) is 3.48. The topological polar surface area (TPSA) is 73.9 Å². The second-order valence-corrected chi connectivity index (χ2v) is 7.99. The molecule has 0 saturated heterocycles. The molecule has 158 valence electrons. The number of carbonyl (C=O) groups excluding carboxylic acids is 2. The van der Waals surface area contributed by atoms with Crippen molar-refractivity contribution in [3.8, 4) is 11.5 Å². The first kappa shape index (κ1) is 21.9. The molecule has 0 saturated carbocycles. The van der Waals surface area contributed by atoms with Crippen molar-refractivity contribution in [2.24, 2.45) is 0 Å². The quantitative estimate of drug-likeness (QED) is 0.629. The predicted octanol–water partition coefficient (Wildman–Crippen LogP) is 4.40. The number of hydrogen-bond donors (Lipinski definition) is 1. The molecule has 0 spiro atoms. The van der Waals surface area contributed by atoms with Gasteiger partial charge in [0.25, 0.3) is 0 Å². The van der Waals surface area contributed by atoms with E-state index in [2.05, 4.69) is 21.2 Å². The number of rotatable bonds is 6. The molecular weight excluding hydrogens is 450 g/mol. The molecule has 30 heavy (non-hydrogen) atoms. The van der Waals surface area contributed by atoms with Crippen molar-refractivity contribution in [3.63, 3.8) is 0 Å². The van der Waals surface area contributed by atoms with Gasteiger partial charge in [0.15, 0.2) is 11.5 Å². The smallest absolute Gasteiger partial charge is 0.336 e. The summed E-state index contributed by atoms with van der Waals surface area (Å²) in [5, 5.41) is 2.75. The third kappa shape index (κ3) is 4.67. The summed E-state index contributed by atoms with van der Waals surface area (Å²) in [6.07, 6.45) is 0.125. The highest BCUT2D eigenvalue weighted by Gasteiger charge is 2.34. The van der Waals surface area contributed by atoms with Crippen molar-refractivity contribution >= 4 is 27.8 Å². The Morgan fingerprint density at radius 1 is 1.10 bits per heavy atom. The Morgan fingerprint density at radius 3 is 2.37 bits per heavy atom. The Balaban J connectivity index is 1.93. The van der Waals surface area contributed by atoms with Crippen LogP contribution in [-0.2, 0) is 20.9 Å². The van der Waals surface area contributed by atoms with Crippen molar-refractivity contribution in [1.29, 1.82) is 0 Å². The number of benzene rings is 2. The van der Waals surface area contributed by atoms with Crippen LogP contribution in [0.25, 0.3) is 0 Å². The minimum Gasteiger partial charge on any atom is -0.493 e. The largest absolute Gasteiger partial charge is 0.493 e. The maximum Gasteiger partial charge on any atom is 0.336 e. The molecule has 1 aliphatic heterocycles. The van der Waals surface area contributed by atoms with E-state index in [9.17, 15) is 9.59 Å². The van der Waals surface area contributed by atoms with Crippen molar-refractivity contribution in [1.82, 2.24) is 5.32 Å². The fourth-order valence-corrected chi connectivity index (χ4v) is 4.08. The van der Waals surface area contributed by atoms with E-state index < -0.39 is 11.9 Å². The highest BCUT2D eigenvalue weighted by atomic mass is 79.9. The molecule has 7 heteroatoms. The standard InChI is InChI=1S/C23H24BrNO5/c1-13-5-7-15(8-6-13)12-30-23(27)22-14(2)25-21(26)10-17(22)16-9-19(28-3)20(29-4)11-18(16)24/h5-9,11,17H,10,12H2,1-4H3,(H,25,26)/t17-/m0/s1. The van der Waals surface area contributed by atoms with Gasteiger partial charge in [-0.15, -0.1) is 0 Å². The molecule has 1 atom stereocenters. The van der Waals surface area contributed by atoms with Crippen LogP contribution in [0.4, 0.5) is 0 Å². The van der Waals surface area contributed by atoms with E-state index in [0.717, 1.165) is 21.2 Å². The summed E-state index contributed by atoms with van der Waals surface area (Å²) in [7, 11) is 3.09. The van der Waals surface area contributed by atoms with Gasteiger partial charge in [-0.1, -0.05) is 45.8 Å². The van der Waals surface area contributed by atoms with Gasteiger partial charge in [0.2, 0.25) is 5.91 Å². The average molecular weight is 474 g/mol. The Labute approximate surface area is 184 Å². The number of amides is 1. The van der Waals surface area contributed by atoms with Gasteiger partial charge >= 0.3 is 5.97 Å². The molecular formula is C23H24BrNO5. The lowest BCUT2D eigenvalue weighted by Crippen LogP contribution is -2.34. The zero-order chi connectivity index (χ0) is 21.8. The van der Waals surface area contributed by atoms with Crippen LogP contribution in [0.2, 0.25) is 0 Å². The molecule has 1 aliphatic rings. The van der Waals surface area contributed by atoms with Gasteiger partial charge in [0, 0.05) is 22.5 Å². The minimum atomic E-state index is -0.474. The number of nitrogens with one attached hydrogen (secondary N) is 1. The Bertz CT molecular complexity index is 997. The van der Waals surface area contributed by atoms with Gasteiger partial charge in [-0.05, 0) is 37.1 Å². The molecule has 1 heterocycles. The van der Waals surface area contributed by atoms with Crippen LogP contribution < -0.4 is 14.8 Å². The van der Waals surface area contributed by atoms with Crippen molar-refractivity contribution < 1.29 is 23.8 Å². The molecule has 2 aromatic carbocycles. The summed E-state index contributed by atoms with van der Waals surface area (Å²) < 4.78 is 17.0. The number of ether oxygens (including phenoxy) is 3. The van der Waals surface area contributed by atoms with Crippen LogP contribution in [0.1, 0.15) is 36.0 Å². The molecule has 1 N–H and O–H groups in total. The highest BCUT2D eigenvalue weighted by Crippen LogP contribution is 2.42.